The molecule has 6 heteroatoms. The molecule has 0 amide bonds. The molecule has 0 N–H and O–H groups in total. The van der Waals surface area contributed by atoms with Crippen LogP contribution in [-0.4, -0.2) is 19.2 Å². The average molecular weight is 383 g/mol. The molecule has 0 atom stereocenters. The Labute approximate surface area is 160 Å². The zero-order valence-electron chi connectivity index (χ0n) is 14.2. The minimum Gasteiger partial charge on any atom is -0.493 e. The second kappa shape index (κ2) is 8.05. The number of nitriles is 1. The summed E-state index contributed by atoms with van der Waals surface area (Å²) in [5.41, 5.74) is 3.08. The maximum atomic E-state index is 9.51. The lowest BCUT2D eigenvalue weighted by molar-refractivity contribution is 0.355. The first-order chi connectivity index (χ1) is 12.6. The smallest absolute Gasteiger partial charge is 0.161 e. The van der Waals surface area contributed by atoms with Gasteiger partial charge in [0.25, 0.3) is 0 Å². The molecule has 1 heterocycles. The highest BCUT2D eigenvalue weighted by molar-refractivity contribution is 7.11. The fourth-order valence-corrected chi connectivity index (χ4v) is 3.31. The Balaban J connectivity index is 1.93. The number of rotatable bonds is 5. The van der Waals surface area contributed by atoms with E-state index >= 15 is 0 Å². The Morgan fingerprint density at radius 3 is 2.50 bits per heavy atom. The van der Waals surface area contributed by atoms with Gasteiger partial charge in [-0.3, -0.25) is 0 Å². The van der Waals surface area contributed by atoms with E-state index in [1.807, 2.05) is 35.7 Å². The van der Waals surface area contributed by atoms with Crippen molar-refractivity contribution in [1.82, 2.24) is 4.98 Å². The molecule has 0 saturated heterocycles. The Bertz CT molecular complexity index is 988. The molecule has 1 aromatic heterocycles. The van der Waals surface area contributed by atoms with Gasteiger partial charge in [-0.2, -0.15) is 5.26 Å². The fraction of sp³-hybridized carbons (Fsp3) is 0.100. The van der Waals surface area contributed by atoms with Gasteiger partial charge in [0.2, 0.25) is 0 Å². The zero-order valence-corrected chi connectivity index (χ0v) is 15.8. The second-order valence-electron chi connectivity index (χ2n) is 5.33. The summed E-state index contributed by atoms with van der Waals surface area (Å²) >= 11 is 7.32. The molecule has 26 heavy (non-hydrogen) atoms. The fourth-order valence-electron chi connectivity index (χ4n) is 2.39. The number of benzene rings is 2. The van der Waals surface area contributed by atoms with Gasteiger partial charge < -0.3 is 9.47 Å². The molecule has 0 spiro atoms. The molecule has 0 unspecified atom stereocenters. The lowest BCUT2D eigenvalue weighted by Crippen LogP contribution is -1.91. The molecule has 3 aromatic rings. The topological polar surface area (TPSA) is 55.1 Å². The van der Waals surface area contributed by atoms with Crippen molar-refractivity contribution in [3.8, 4) is 28.8 Å². The van der Waals surface area contributed by atoms with Crippen LogP contribution in [0.15, 0.2) is 47.8 Å². The first-order valence-electron chi connectivity index (χ1n) is 7.70. The van der Waals surface area contributed by atoms with Crippen LogP contribution in [0, 0.1) is 11.3 Å². The number of methoxy groups -OCH3 is 2. The van der Waals surface area contributed by atoms with Crippen molar-refractivity contribution >= 4 is 34.6 Å². The van der Waals surface area contributed by atoms with Gasteiger partial charge >= 0.3 is 0 Å². The van der Waals surface area contributed by atoms with Crippen LogP contribution in [0.25, 0.3) is 22.9 Å². The third-order valence-electron chi connectivity index (χ3n) is 3.72. The van der Waals surface area contributed by atoms with Crippen molar-refractivity contribution in [3.63, 3.8) is 0 Å². The maximum Gasteiger partial charge on any atom is 0.161 e. The molecule has 0 aliphatic heterocycles. The van der Waals surface area contributed by atoms with E-state index in [9.17, 15) is 5.26 Å². The van der Waals surface area contributed by atoms with Crippen LogP contribution in [0.2, 0.25) is 5.02 Å². The molecule has 130 valence electrons. The predicted octanol–water partition coefficient (Wildman–Crippen LogP) is 5.54. The van der Waals surface area contributed by atoms with Gasteiger partial charge in [0.15, 0.2) is 11.5 Å². The molecule has 0 aliphatic rings. The quantitative estimate of drug-likeness (QED) is 0.543. The van der Waals surface area contributed by atoms with Crippen LogP contribution in [-0.2, 0) is 0 Å². The van der Waals surface area contributed by atoms with E-state index in [-0.39, 0.29) is 0 Å². The van der Waals surface area contributed by atoms with E-state index in [2.05, 4.69) is 11.1 Å². The molecule has 4 nitrogen and oxygen atoms in total. The zero-order chi connectivity index (χ0) is 18.5. The number of halogens is 1. The largest absolute Gasteiger partial charge is 0.493 e. The molecule has 0 radical (unpaired) electrons. The third-order valence-corrected chi connectivity index (χ3v) is 4.84. The van der Waals surface area contributed by atoms with Gasteiger partial charge in [-0.25, -0.2) is 4.98 Å². The second-order valence-corrected chi connectivity index (χ2v) is 6.62. The first kappa shape index (κ1) is 18.0. The highest BCUT2D eigenvalue weighted by atomic mass is 35.5. The lowest BCUT2D eigenvalue weighted by atomic mass is 10.1. The average Bonchev–Trinajstić information content (AvgIpc) is 3.17. The van der Waals surface area contributed by atoms with Crippen molar-refractivity contribution in [2.45, 2.75) is 0 Å². The van der Waals surface area contributed by atoms with Gasteiger partial charge in [0.1, 0.15) is 11.1 Å². The summed E-state index contributed by atoms with van der Waals surface area (Å²) in [7, 11) is 3.19. The van der Waals surface area contributed by atoms with Crippen molar-refractivity contribution in [1.29, 1.82) is 5.26 Å². The third kappa shape index (κ3) is 3.88. The monoisotopic (exact) mass is 382 g/mol. The minimum absolute atomic E-state index is 0.504. The minimum atomic E-state index is 0.504. The molecule has 2 aromatic carbocycles. The van der Waals surface area contributed by atoms with Gasteiger partial charge in [-0.1, -0.05) is 23.7 Å². The predicted molar refractivity (Wildman–Crippen MR) is 106 cm³/mol. The number of hydrogen-bond donors (Lipinski definition) is 0. The normalized spacial score (nSPS) is 11.1. The van der Waals surface area contributed by atoms with E-state index in [1.165, 1.54) is 11.3 Å². The Kier molecular flexibility index (Phi) is 5.57. The van der Waals surface area contributed by atoms with Gasteiger partial charge in [-0.15, -0.1) is 11.3 Å². The Hall–Kier alpha value is -2.81. The molecule has 0 aliphatic carbocycles. The van der Waals surface area contributed by atoms with E-state index in [0.717, 1.165) is 16.8 Å². The van der Waals surface area contributed by atoms with E-state index in [1.54, 1.807) is 32.4 Å². The standard InChI is InChI=1S/C20H15ClN2O2S/c1-24-18-8-5-14(10-19(18)25-2)17-12-26-20(23-17)15(11-22)9-13-3-6-16(21)7-4-13/h3-10,12H,1-2H3. The summed E-state index contributed by atoms with van der Waals surface area (Å²) in [6.45, 7) is 0. The van der Waals surface area contributed by atoms with Crippen LogP contribution in [0.5, 0.6) is 11.5 Å². The van der Waals surface area contributed by atoms with E-state index in [4.69, 9.17) is 21.1 Å². The summed E-state index contributed by atoms with van der Waals surface area (Å²) < 4.78 is 10.6. The van der Waals surface area contributed by atoms with Crippen molar-refractivity contribution in [2.75, 3.05) is 14.2 Å². The Morgan fingerprint density at radius 1 is 1.12 bits per heavy atom. The summed E-state index contributed by atoms with van der Waals surface area (Å²) in [5.74, 6) is 1.30. The molecule has 3 rings (SSSR count). The van der Waals surface area contributed by atoms with E-state index < -0.39 is 0 Å². The van der Waals surface area contributed by atoms with Gasteiger partial charge in [-0.05, 0) is 42.0 Å². The maximum absolute atomic E-state index is 9.51. The highest BCUT2D eigenvalue weighted by Crippen LogP contribution is 2.33. The number of nitrogens with zero attached hydrogens (tertiary/aromatic N) is 2. The van der Waals surface area contributed by atoms with Crippen LogP contribution in [0.3, 0.4) is 0 Å². The Morgan fingerprint density at radius 2 is 1.85 bits per heavy atom. The number of aromatic nitrogens is 1. The summed E-state index contributed by atoms with van der Waals surface area (Å²) in [4.78, 5) is 4.60. The van der Waals surface area contributed by atoms with Crippen molar-refractivity contribution in [3.05, 3.63) is 63.4 Å². The van der Waals surface area contributed by atoms with Crippen molar-refractivity contribution in [2.24, 2.45) is 0 Å². The van der Waals surface area contributed by atoms with Crippen LogP contribution in [0.1, 0.15) is 10.6 Å². The SMILES string of the molecule is COc1ccc(-c2csc(C(C#N)=Cc3ccc(Cl)cc3)n2)cc1OC. The first-order valence-corrected chi connectivity index (χ1v) is 8.96. The number of thiazole rings is 1. The molecule has 0 bridgehead atoms. The highest BCUT2D eigenvalue weighted by Gasteiger charge is 2.12. The van der Waals surface area contributed by atoms with Crippen LogP contribution in [0.4, 0.5) is 0 Å². The number of ether oxygens (including phenoxy) is 2. The summed E-state index contributed by atoms with van der Waals surface area (Å²) in [6.07, 6.45) is 1.80. The summed E-state index contributed by atoms with van der Waals surface area (Å²) in [5, 5.41) is 12.7. The van der Waals surface area contributed by atoms with Crippen molar-refractivity contribution < 1.29 is 9.47 Å². The molecule has 0 fully saturated rings. The lowest BCUT2D eigenvalue weighted by Gasteiger charge is -2.08. The van der Waals surface area contributed by atoms with E-state index in [0.29, 0.717) is 27.1 Å². The van der Waals surface area contributed by atoms with Gasteiger partial charge in [0, 0.05) is 16.0 Å². The summed E-state index contributed by atoms with van der Waals surface area (Å²) in [6, 6.07) is 15.1. The van der Waals surface area contributed by atoms with Crippen LogP contribution >= 0.6 is 22.9 Å². The van der Waals surface area contributed by atoms with Gasteiger partial charge in [0.05, 0.1) is 25.5 Å². The molecule has 0 saturated carbocycles. The van der Waals surface area contributed by atoms with Crippen LogP contribution < -0.4 is 9.47 Å². The molecular formula is C20H15ClN2O2S. The molecular weight excluding hydrogens is 368 g/mol. The number of hydrogen-bond acceptors (Lipinski definition) is 5. The number of allylic oxidation sites excluding steroid dienone is 1.